The molecule has 1 aromatic carbocycles. The van der Waals surface area contributed by atoms with Crippen molar-refractivity contribution in [1.82, 2.24) is 19.8 Å². The number of nitrogens with zero attached hydrogens (tertiary/aromatic N) is 3. The van der Waals surface area contributed by atoms with Crippen LogP contribution in [0.1, 0.15) is 22.7 Å². The van der Waals surface area contributed by atoms with Crippen LogP contribution in [0.2, 0.25) is 0 Å². The number of amides is 2. The molecule has 2 atom stereocenters. The van der Waals surface area contributed by atoms with Crippen LogP contribution in [0.15, 0.2) is 30.7 Å². The van der Waals surface area contributed by atoms with Crippen LogP contribution in [-0.2, 0) is 13.6 Å². The van der Waals surface area contributed by atoms with Crippen LogP contribution >= 0.6 is 0 Å². The minimum absolute atomic E-state index is 0.0205. The number of rotatable bonds is 3. The molecular weight excluding hydrogens is 309 g/mol. The van der Waals surface area contributed by atoms with Crippen LogP contribution in [0.4, 0.5) is 9.18 Å². The first-order valence-corrected chi connectivity index (χ1v) is 7.96. The molecule has 0 saturated carbocycles. The highest BCUT2D eigenvalue weighted by molar-refractivity contribution is 5.74. The van der Waals surface area contributed by atoms with Crippen molar-refractivity contribution < 1.29 is 9.18 Å². The van der Waals surface area contributed by atoms with E-state index < -0.39 is 0 Å². The zero-order chi connectivity index (χ0) is 17.3. The predicted octanol–water partition coefficient (Wildman–Crippen LogP) is 1.50. The first-order chi connectivity index (χ1) is 11.5. The highest BCUT2D eigenvalue weighted by Crippen LogP contribution is 2.25. The number of imidazole rings is 1. The lowest BCUT2D eigenvalue weighted by atomic mass is 10.0. The summed E-state index contributed by atoms with van der Waals surface area (Å²) in [6.07, 6.45) is 3.65. The molecule has 2 heterocycles. The lowest BCUT2D eigenvalue weighted by Crippen LogP contribution is -2.39. The van der Waals surface area contributed by atoms with E-state index >= 15 is 0 Å². The van der Waals surface area contributed by atoms with E-state index in [1.165, 1.54) is 6.07 Å². The summed E-state index contributed by atoms with van der Waals surface area (Å²) >= 11 is 0. The van der Waals surface area contributed by atoms with Gasteiger partial charge in [0.15, 0.2) is 0 Å². The molecule has 0 unspecified atom stereocenters. The molecular formula is C17H22FN5O. The van der Waals surface area contributed by atoms with Gasteiger partial charge >= 0.3 is 6.03 Å². The quantitative estimate of drug-likeness (QED) is 0.895. The van der Waals surface area contributed by atoms with Crippen molar-refractivity contribution >= 4 is 6.03 Å². The van der Waals surface area contributed by atoms with Gasteiger partial charge in [0, 0.05) is 50.4 Å². The van der Waals surface area contributed by atoms with Crippen LogP contribution in [0.3, 0.4) is 0 Å². The topological polar surface area (TPSA) is 76.2 Å². The Labute approximate surface area is 140 Å². The lowest BCUT2D eigenvalue weighted by molar-refractivity contribution is 0.207. The normalized spacial score (nSPS) is 20.4. The molecule has 7 heteroatoms. The van der Waals surface area contributed by atoms with Gasteiger partial charge in [-0.15, -0.1) is 0 Å². The summed E-state index contributed by atoms with van der Waals surface area (Å²) in [5.74, 6) is -0.285. The average Bonchev–Trinajstić information content (AvgIpc) is 3.12. The second kappa shape index (κ2) is 6.60. The number of aryl methyl sites for hydroxylation is 2. The fourth-order valence-electron chi connectivity index (χ4n) is 3.10. The molecule has 6 nitrogen and oxygen atoms in total. The Morgan fingerprint density at radius 1 is 1.46 bits per heavy atom. The Hall–Kier alpha value is -2.41. The predicted molar refractivity (Wildman–Crippen MR) is 88.9 cm³/mol. The highest BCUT2D eigenvalue weighted by atomic mass is 19.1. The maximum Gasteiger partial charge on any atom is 0.317 e. The van der Waals surface area contributed by atoms with Crippen molar-refractivity contribution in [2.24, 2.45) is 12.8 Å². The summed E-state index contributed by atoms with van der Waals surface area (Å²) in [4.78, 5) is 18.4. The first-order valence-electron chi connectivity index (χ1n) is 7.96. The fourth-order valence-corrected chi connectivity index (χ4v) is 3.10. The Morgan fingerprint density at radius 3 is 2.92 bits per heavy atom. The third kappa shape index (κ3) is 3.26. The molecule has 3 N–H and O–H groups in total. The molecule has 1 aliphatic rings. The first kappa shape index (κ1) is 16.4. The number of urea groups is 1. The van der Waals surface area contributed by atoms with E-state index in [0.717, 1.165) is 11.3 Å². The number of hydrogen-bond donors (Lipinski definition) is 2. The number of benzene rings is 1. The van der Waals surface area contributed by atoms with E-state index in [4.69, 9.17) is 5.73 Å². The molecule has 2 amide bonds. The van der Waals surface area contributed by atoms with Crippen LogP contribution in [0.25, 0.3) is 0 Å². The van der Waals surface area contributed by atoms with Crippen molar-refractivity contribution in [3.63, 3.8) is 0 Å². The van der Waals surface area contributed by atoms with E-state index in [0.29, 0.717) is 18.7 Å². The van der Waals surface area contributed by atoms with Gasteiger partial charge < -0.3 is 20.5 Å². The molecule has 128 valence electrons. The van der Waals surface area contributed by atoms with Gasteiger partial charge in [-0.25, -0.2) is 14.2 Å². The summed E-state index contributed by atoms with van der Waals surface area (Å²) in [5.41, 5.74) is 8.40. The third-order valence-electron chi connectivity index (χ3n) is 4.53. The summed E-state index contributed by atoms with van der Waals surface area (Å²) in [6.45, 7) is 2.97. The molecule has 0 radical (unpaired) electrons. The van der Waals surface area contributed by atoms with Gasteiger partial charge in [0.25, 0.3) is 0 Å². The van der Waals surface area contributed by atoms with Gasteiger partial charge in [-0.2, -0.15) is 0 Å². The number of nitrogens with two attached hydrogens (primary N) is 1. The number of halogens is 1. The largest absolute Gasteiger partial charge is 0.340 e. The molecule has 2 aromatic rings. The van der Waals surface area contributed by atoms with Crippen LogP contribution in [-0.4, -0.2) is 39.6 Å². The standard InChI is InChI=1S/C17H22FN5O/c1-11-4-3-5-14(18)12(11)6-20-17(24)23-7-13(15(19)8-23)16-9-22(2)10-21-16/h3-5,9-10,13,15H,6-8,19H2,1-2H3,(H,20,24)/t13-,15-/m1/s1. The molecule has 0 bridgehead atoms. The van der Waals surface area contributed by atoms with Gasteiger partial charge in [0.1, 0.15) is 5.82 Å². The van der Waals surface area contributed by atoms with E-state index in [1.807, 2.05) is 30.8 Å². The molecule has 1 aliphatic heterocycles. The van der Waals surface area contributed by atoms with E-state index in [9.17, 15) is 9.18 Å². The summed E-state index contributed by atoms with van der Waals surface area (Å²) in [7, 11) is 1.90. The molecule has 0 aliphatic carbocycles. The van der Waals surface area contributed by atoms with Crippen LogP contribution < -0.4 is 11.1 Å². The molecule has 0 spiro atoms. The zero-order valence-corrected chi connectivity index (χ0v) is 13.9. The number of hydrogen-bond acceptors (Lipinski definition) is 3. The second-order valence-electron chi connectivity index (χ2n) is 6.33. The summed E-state index contributed by atoms with van der Waals surface area (Å²) < 4.78 is 15.7. The smallest absolute Gasteiger partial charge is 0.317 e. The fraction of sp³-hybridized carbons (Fsp3) is 0.412. The number of carbonyl (C=O) groups excluding carboxylic acids is 1. The molecule has 1 fully saturated rings. The zero-order valence-electron chi connectivity index (χ0n) is 13.9. The van der Waals surface area contributed by atoms with Crippen molar-refractivity contribution in [2.45, 2.75) is 25.4 Å². The van der Waals surface area contributed by atoms with Gasteiger partial charge in [0.2, 0.25) is 0 Å². The van der Waals surface area contributed by atoms with Crippen molar-refractivity contribution in [2.75, 3.05) is 13.1 Å². The van der Waals surface area contributed by atoms with Crippen LogP contribution in [0, 0.1) is 12.7 Å². The molecule has 1 aromatic heterocycles. The number of aromatic nitrogens is 2. The maximum absolute atomic E-state index is 13.8. The monoisotopic (exact) mass is 331 g/mol. The average molecular weight is 331 g/mol. The number of likely N-dealkylation sites (tertiary alicyclic amines) is 1. The van der Waals surface area contributed by atoms with Crippen molar-refractivity contribution in [3.8, 4) is 0 Å². The van der Waals surface area contributed by atoms with Gasteiger partial charge in [-0.1, -0.05) is 12.1 Å². The highest BCUT2D eigenvalue weighted by Gasteiger charge is 2.35. The Morgan fingerprint density at radius 2 is 2.25 bits per heavy atom. The maximum atomic E-state index is 13.8. The van der Waals surface area contributed by atoms with E-state index in [2.05, 4.69) is 10.3 Å². The SMILES string of the molecule is Cc1cccc(F)c1CNC(=O)N1C[C@@H](N)[C@H](c2cn(C)cn2)C1. The Balaban J connectivity index is 1.62. The summed E-state index contributed by atoms with van der Waals surface area (Å²) in [6, 6.07) is 4.50. The van der Waals surface area contributed by atoms with Gasteiger partial charge in [0.05, 0.1) is 12.0 Å². The molecule has 3 rings (SSSR count). The summed E-state index contributed by atoms with van der Waals surface area (Å²) in [5, 5.41) is 2.79. The van der Waals surface area contributed by atoms with Gasteiger partial charge in [-0.05, 0) is 18.6 Å². The molecule has 24 heavy (non-hydrogen) atoms. The second-order valence-corrected chi connectivity index (χ2v) is 6.33. The third-order valence-corrected chi connectivity index (χ3v) is 4.53. The number of nitrogens with one attached hydrogen (secondary N) is 1. The van der Waals surface area contributed by atoms with Crippen molar-refractivity contribution in [1.29, 1.82) is 0 Å². The van der Waals surface area contributed by atoms with E-state index in [1.54, 1.807) is 17.3 Å². The van der Waals surface area contributed by atoms with E-state index in [-0.39, 0.29) is 30.4 Å². The minimum atomic E-state index is -0.306. The minimum Gasteiger partial charge on any atom is -0.340 e. The Kier molecular flexibility index (Phi) is 4.53. The van der Waals surface area contributed by atoms with Crippen LogP contribution in [0.5, 0.6) is 0 Å². The van der Waals surface area contributed by atoms with Crippen molar-refractivity contribution in [3.05, 3.63) is 53.4 Å². The van der Waals surface area contributed by atoms with Gasteiger partial charge in [-0.3, -0.25) is 0 Å². The Bertz CT molecular complexity index is 724. The molecule has 1 saturated heterocycles. The lowest BCUT2D eigenvalue weighted by Gasteiger charge is -2.17. The number of carbonyl (C=O) groups is 1.